The molecule has 0 amide bonds. The zero-order chi connectivity index (χ0) is 9.65. The summed E-state index contributed by atoms with van der Waals surface area (Å²) in [6.07, 6.45) is 13.6. The van der Waals surface area contributed by atoms with Crippen molar-refractivity contribution in [1.82, 2.24) is 0 Å². The highest BCUT2D eigenvalue weighted by Gasteiger charge is 2.64. The van der Waals surface area contributed by atoms with Gasteiger partial charge in [0, 0.05) is 5.41 Å². The van der Waals surface area contributed by atoms with Gasteiger partial charge in [0.15, 0.2) is 0 Å². The summed E-state index contributed by atoms with van der Waals surface area (Å²) in [5, 5.41) is 10.2. The van der Waals surface area contributed by atoms with Crippen LogP contribution in [0.2, 0.25) is 0 Å². The van der Waals surface area contributed by atoms with Gasteiger partial charge >= 0.3 is 0 Å². The van der Waals surface area contributed by atoms with Gasteiger partial charge in [-0.25, -0.2) is 0 Å². The molecule has 0 spiro atoms. The predicted molar refractivity (Wildman–Crippen MR) is 57.0 cm³/mol. The number of aliphatic hydroxyl groups is 1. The Hall–Kier alpha value is -0.0400. The molecule has 1 heteroatoms. The lowest BCUT2D eigenvalue weighted by molar-refractivity contribution is -0.128. The van der Waals surface area contributed by atoms with E-state index in [2.05, 4.69) is 0 Å². The summed E-state index contributed by atoms with van der Waals surface area (Å²) >= 11 is 0. The zero-order valence-electron chi connectivity index (χ0n) is 9.10. The van der Waals surface area contributed by atoms with E-state index in [-0.39, 0.29) is 6.10 Å². The first-order valence-electron chi connectivity index (χ1n) is 6.47. The molecule has 0 bridgehead atoms. The molecule has 80 valence electrons. The molecule has 0 aromatic carbocycles. The number of hydrogen-bond donors (Lipinski definition) is 1. The van der Waals surface area contributed by atoms with E-state index in [1.54, 1.807) is 0 Å². The molecule has 0 unspecified atom stereocenters. The molecule has 3 atom stereocenters. The van der Waals surface area contributed by atoms with Gasteiger partial charge in [-0.2, -0.15) is 0 Å². The number of aliphatic hydroxyl groups excluding tert-OH is 1. The Balaban J connectivity index is 1.89. The Morgan fingerprint density at radius 1 is 0.786 bits per heavy atom. The largest absolute Gasteiger partial charge is 0.393 e. The van der Waals surface area contributed by atoms with Crippen molar-refractivity contribution in [2.24, 2.45) is 10.8 Å². The molecule has 3 saturated carbocycles. The molecule has 1 N–H and O–H groups in total. The molecular weight excluding hydrogens is 172 g/mol. The van der Waals surface area contributed by atoms with Gasteiger partial charge in [-0.15, -0.1) is 0 Å². The highest BCUT2D eigenvalue weighted by atomic mass is 16.3. The Kier molecular flexibility index (Phi) is 1.96. The van der Waals surface area contributed by atoms with Crippen molar-refractivity contribution in [2.45, 2.75) is 70.3 Å². The van der Waals surface area contributed by atoms with E-state index in [0.717, 1.165) is 6.42 Å². The SMILES string of the molecule is O[C@H]1CC[C@@]23CCCCCC[C@@]12CC3. The zero-order valence-corrected chi connectivity index (χ0v) is 9.10. The van der Waals surface area contributed by atoms with Gasteiger partial charge in [-0.05, 0) is 43.9 Å². The van der Waals surface area contributed by atoms with Gasteiger partial charge in [0.2, 0.25) is 0 Å². The van der Waals surface area contributed by atoms with Crippen molar-refractivity contribution in [3.63, 3.8) is 0 Å². The fourth-order valence-electron chi connectivity index (χ4n) is 4.70. The first kappa shape index (κ1) is 9.21. The van der Waals surface area contributed by atoms with Crippen LogP contribution in [0.4, 0.5) is 0 Å². The van der Waals surface area contributed by atoms with Crippen LogP contribution in [0.15, 0.2) is 0 Å². The molecule has 0 radical (unpaired) electrons. The quantitative estimate of drug-likeness (QED) is 0.627. The Morgan fingerprint density at radius 2 is 1.57 bits per heavy atom. The van der Waals surface area contributed by atoms with Gasteiger partial charge in [-0.3, -0.25) is 0 Å². The predicted octanol–water partition coefficient (Wildman–Crippen LogP) is 3.26. The molecule has 0 aromatic heterocycles. The van der Waals surface area contributed by atoms with Gasteiger partial charge in [0.25, 0.3) is 0 Å². The molecule has 0 aliphatic heterocycles. The fraction of sp³-hybridized carbons (Fsp3) is 1.00. The van der Waals surface area contributed by atoms with Crippen LogP contribution < -0.4 is 0 Å². The summed E-state index contributed by atoms with van der Waals surface area (Å²) in [6.45, 7) is 0. The fourth-order valence-corrected chi connectivity index (χ4v) is 4.70. The van der Waals surface area contributed by atoms with E-state index < -0.39 is 0 Å². The first-order valence-corrected chi connectivity index (χ1v) is 6.47. The van der Waals surface area contributed by atoms with Crippen molar-refractivity contribution in [3.05, 3.63) is 0 Å². The molecule has 0 heterocycles. The maximum absolute atomic E-state index is 10.2. The molecule has 0 saturated heterocycles. The van der Waals surface area contributed by atoms with Gasteiger partial charge in [-0.1, -0.05) is 25.7 Å². The van der Waals surface area contributed by atoms with Crippen molar-refractivity contribution in [3.8, 4) is 0 Å². The van der Waals surface area contributed by atoms with Crippen LogP contribution in [0.5, 0.6) is 0 Å². The second-order valence-electron chi connectivity index (χ2n) is 5.91. The summed E-state index contributed by atoms with van der Waals surface area (Å²) in [5.74, 6) is 0. The summed E-state index contributed by atoms with van der Waals surface area (Å²) in [7, 11) is 0. The third-order valence-electron chi connectivity index (χ3n) is 5.67. The molecule has 3 fully saturated rings. The first-order chi connectivity index (χ1) is 6.79. The lowest BCUT2D eigenvalue weighted by Crippen LogP contribution is -2.52. The maximum Gasteiger partial charge on any atom is 0.0602 e. The lowest BCUT2D eigenvalue weighted by atomic mass is 9.47. The van der Waals surface area contributed by atoms with Crippen LogP contribution in [0, 0.1) is 10.8 Å². The van der Waals surface area contributed by atoms with Crippen LogP contribution in [0.1, 0.15) is 64.2 Å². The molecule has 3 aliphatic carbocycles. The van der Waals surface area contributed by atoms with Crippen LogP contribution >= 0.6 is 0 Å². The average Bonchev–Trinajstić information content (AvgIpc) is 2.33. The molecule has 1 nitrogen and oxygen atoms in total. The highest BCUT2D eigenvalue weighted by molar-refractivity contribution is 5.14. The van der Waals surface area contributed by atoms with E-state index in [4.69, 9.17) is 0 Å². The Labute approximate surface area is 86.9 Å². The van der Waals surface area contributed by atoms with Crippen molar-refractivity contribution in [1.29, 1.82) is 0 Å². The molecular formula is C13H22O. The van der Waals surface area contributed by atoms with Crippen molar-refractivity contribution < 1.29 is 5.11 Å². The smallest absolute Gasteiger partial charge is 0.0602 e. The van der Waals surface area contributed by atoms with Gasteiger partial charge in [0.05, 0.1) is 6.10 Å². The monoisotopic (exact) mass is 194 g/mol. The standard InChI is InChI=1S/C13H22O/c14-11-5-8-12-6-3-1-2-4-7-13(11,12)10-9-12/h11,14H,1-10H2/t11-,12+,13+/m0/s1. The molecule has 14 heavy (non-hydrogen) atoms. The third-order valence-corrected chi connectivity index (χ3v) is 5.67. The summed E-state index contributed by atoms with van der Waals surface area (Å²) in [4.78, 5) is 0. The van der Waals surface area contributed by atoms with Crippen molar-refractivity contribution in [2.75, 3.05) is 0 Å². The van der Waals surface area contributed by atoms with Gasteiger partial charge in [0.1, 0.15) is 0 Å². The second kappa shape index (κ2) is 2.98. The van der Waals surface area contributed by atoms with E-state index in [1.165, 1.54) is 57.8 Å². The van der Waals surface area contributed by atoms with Crippen LogP contribution in [-0.4, -0.2) is 11.2 Å². The van der Waals surface area contributed by atoms with Crippen LogP contribution in [-0.2, 0) is 0 Å². The highest BCUT2D eigenvalue weighted by Crippen LogP contribution is 2.71. The minimum atomic E-state index is 0.0503. The maximum atomic E-state index is 10.2. The van der Waals surface area contributed by atoms with E-state index in [0.29, 0.717) is 10.8 Å². The molecule has 0 aromatic rings. The Bertz CT molecular complexity index is 237. The third kappa shape index (κ3) is 0.946. The molecule has 3 aliphatic rings. The van der Waals surface area contributed by atoms with Crippen LogP contribution in [0.25, 0.3) is 0 Å². The normalized spacial score (nSPS) is 52.5. The lowest BCUT2D eigenvalue weighted by Gasteiger charge is -2.58. The summed E-state index contributed by atoms with van der Waals surface area (Å²) in [6, 6.07) is 0. The van der Waals surface area contributed by atoms with Crippen LogP contribution in [0.3, 0.4) is 0 Å². The summed E-state index contributed by atoms with van der Waals surface area (Å²) < 4.78 is 0. The average molecular weight is 194 g/mol. The number of hydrogen-bond acceptors (Lipinski definition) is 1. The number of rotatable bonds is 0. The Morgan fingerprint density at radius 3 is 2.29 bits per heavy atom. The summed E-state index contributed by atoms with van der Waals surface area (Å²) in [5.41, 5.74) is 1.00. The topological polar surface area (TPSA) is 20.2 Å². The minimum Gasteiger partial charge on any atom is -0.393 e. The second-order valence-corrected chi connectivity index (χ2v) is 5.91. The minimum absolute atomic E-state index is 0.0503. The van der Waals surface area contributed by atoms with E-state index in [9.17, 15) is 5.11 Å². The van der Waals surface area contributed by atoms with E-state index >= 15 is 0 Å². The van der Waals surface area contributed by atoms with Gasteiger partial charge < -0.3 is 5.11 Å². The van der Waals surface area contributed by atoms with E-state index in [1.807, 2.05) is 0 Å². The van der Waals surface area contributed by atoms with Crippen molar-refractivity contribution >= 4 is 0 Å². The molecule has 3 rings (SSSR count).